The fraction of sp³-hybridized carbons (Fsp3) is 0.409. The van der Waals surface area contributed by atoms with Gasteiger partial charge < -0.3 is 15.4 Å². The summed E-state index contributed by atoms with van der Waals surface area (Å²) in [5.41, 5.74) is 4.84. The van der Waals surface area contributed by atoms with E-state index in [0.717, 1.165) is 43.9 Å². The number of nitrogens with one attached hydrogen (secondary N) is 2. The average molecular weight is 350 g/mol. The van der Waals surface area contributed by atoms with Crippen molar-refractivity contribution in [1.82, 2.24) is 10.6 Å². The fourth-order valence-corrected chi connectivity index (χ4v) is 3.77. The number of hydrogen-bond donors (Lipinski definition) is 2. The molecule has 1 unspecified atom stereocenters. The van der Waals surface area contributed by atoms with E-state index in [4.69, 9.17) is 4.74 Å². The van der Waals surface area contributed by atoms with Crippen LogP contribution in [0.5, 0.6) is 5.75 Å². The maximum atomic E-state index is 12.0. The van der Waals surface area contributed by atoms with Crippen molar-refractivity contribution in [3.63, 3.8) is 0 Å². The number of carbonyl (C=O) groups is 1. The van der Waals surface area contributed by atoms with Crippen molar-refractivity contribution >= 4 is 5.91 Å². The first-order chi connectivity index (χ1) is 12.8. The van der Waals surface area contributed by atoms with E-state index in [0.29, 0.717) is 18.9 Å². The number of amides is 1. The molecule has 2 aromatic rings. The molecule has 1 atom stereocenters. The highest BCUT2D eigenvalue weighted by Crippen LogP contribution is 2.30. The standard InChI is InChI=1S/C22H26N2O2/c25-22(8-3-17-9-11-23-14-17)24-15-16-1-4-18(5-2-16)19-6-7-21-20(13-19)10-12-26-21/h1-2,4-7,13,17,23H,3,8-12,14-15H2,(H,24,25). The smallest absolute Gasteiger partial charge is 0.220 e. The van der Waals surface area contributed by atoms with Crippen LogP contribution >= 0.6 is 0 Å². The predicted octanol–water partition coefficient (Wildman–Crippen LogP) is 3.29. The second kappa shape index (κ2) is 7.92. The quantitative estimate of drug-likeness (QED) is 0.840. The maximum absolute atomic E-state index is 12.0. The van der Waals surface area contributed by atoms with Gasteiger partial charge in [-0.25, -0.2) is 0 Å². The lowest BCUT2D eigenvalue weighted by Crippen LogP contribution is -2.23. The first-order valence-electron chi connectivity index (χ1n) is 9.60. The maximum Gasteiger partial charge on any atom is 0.220 e. The number of ether oxygens (including phenoxy) is 1. The van der Waals surface area contributed by atoms with E-state index in [-0.39, 0.29) is 5.91 Å². The summed E-state index contributed by atoms with van der Waals surface area (Å²) in [6.45, 7) is 3.54. The van der Waals surface area contributed by atoms with Gasteiger partial charge in [0.2, 0.25) is 5.91 Å². The number of fused-ring (bicyclic) bond motifs is 1. The predicted molar refractivity (Wildman–Crippen MR) is 103 cm³/mol. The minimum atomic E-state index is 0.152. The third-order valence-electron chi connectivity index (χ3n) is 5.41. The molecule has 1 amide bonds. The molecular formula is C22H26N2O2. The van der Waals surface area contributed by atoms with E-state index in [1.54, 1.807) is 0 Å². The first-order valence-corrected chi connectivity index (χ1v) is 9.60. The molecule has 4 nitrogen and oxygen atoms in total. The Morgan fingerprint density at radius 3 is 2.81 bits per heavy atom. The Kier molecular flexibility index (Phi) is 5.21. The molecule has 0 aliphatic carbocycles. The Labute approximate surface area is 155 Å². The SMILES string of the molecule is O=C(CCC1CCNC1)NCc1ccc(-c2ccc3c(c2)CCO3)cc1. The minimum absolute atomic E-state index is 0.152. The monoisotopic (exact) mass is 350 g/mol. The lowest BCUT2D eigenvalue weighted by atomic mass is 10.0. The highest BCUT2D eigenvalue weighted by atomic mass is 16.5. The largest absolute Gasteiger partial charge is 0.493 e. The molecule has 1 saturated heterocycles. The van der Waals surface area contributed by atoms with Crippen molar-refractivity contribution < 1.29 is 9.53 Å². The van der Waals surface area contributed by atoms with Crippen molar-refractivity contribution in [2.75, 3.05) is 19.7 Å². The van der Waals surface area contributed by atoms with Crippen molar-refractivity contribution in [3.8, 4) is 16.9 Å². The van der Waals surface area contributed by atoms with Crippen molar-refractivity contribution in [1.29, 1.82) is 0 Å². The van der Waals surface area contributed by atoms with Gasteiger partial charge in [0.25, 0.3) is 0 Å². The van der Waals surface area contributed by atoms with Gasteiger partial charge in [0.1, 0.15) is 5.75 Å². The van der Waals surface area contributed by atoms with Crippen LogP contribution in [-0.4, -0.2) is 25.6 Å². The summed E-state index contributed by atoms with van der Waals surface area (Å²) in [5, 5.41) is 6.39. The van der Waals surface area contributed by atoms with Crippen LogP contribution in [0.4, 0.5) is 0 Å². The Morgan fingerprint density at radius 1 is 1.15 bits per heavy atom. The van der Waals surface area contributed by atoms with Gasteiger partial charge in [-0.2, -0.15) is 0 Å². The second-order valence-corrected chi connectivity index (χ2v) is 7.29. The zero-order valence-electron chi connectivity index (χ0n) is 15.1. The van der Waals surface area contributed by atoms with Crippen molar-refractivity contribution in [3.05, 3.63) is 53.6 Å². The number of carbonyl (C=O) groups excluding carboxylic acids is 1. The number of hydrogen-bond acceptors (Lipinski definition) is 3. The fourth-order valence-electron chi connectivity index (χ4n) is 3.77. The van der Waals surface area contributed by atoms with E-state index in [2.05, 4.69) is 53.1 Å². The van der Waals surface area contributed by atoms with Crippen LogP contribution in [0.15, 0.2) is 42.5 Å². The molecule has 0 radical (unpaired) electrons. The summed E-state index contributed by atoms with van der Waals surface area (Å²) in [7, 11) is 0. The average Bonchev–Trinajstić information content (AvgIpc) is 3.36. The molecule has 2 heterocycles. The van der Waals surface area contributed by atoms with Gasteiger partial charge in [-0.15, -0.1) is 0 Å². The summed E-state index contributed by atoms with van der Waals surface area (Å²) < 4.78 is 5.57. The number of benzene rings is 2. The summed E-state index contributed by atoms with van der Waals surface area (Å²) in [6.07, 6.45) is 3.80. The molecule has 1 fully saturated rings. The van der Waals surface area contributed by atoms with E-state index < -0.39 is 0 Å². The van der Waals surface area contributed by atoms with Crippen LogP contribution in [0.1, 0.15) is 30.4 Å². The van der Waals surface area contributed by atoms with Crippen LogP contribution < -0.4 is 15.4 Å². The van der Waals surface area contributed by atoms with Gasteiger partial charge in [-0.1, -0.05) is 30.3 Å². The van der Waals surface area contributed by atoms with E-state index >= 15 is 0 Å². The van der Waals surface area contributed by atoms with E-state index in [1.165, 1.54) is 23.1 Å². The summed E-state index contributed by atoms with van der Waals surface area (Å²) in [6, 6.07) is 14.8. The third-order valence-corrected chi connectivity index (χ3v) is 5.41. The molecule has 2 aromatic carbocycles. The van der Waals surface area contributed by atoms with Gasteiger partial charge in [0, 0.05) is 19.4 Å². The van der Waals surface area contributed by atoms with Gasteiger partial charge >= 0.3 is 0 Å². The minimum Gasteiger partial charge on any atom is -0.493 e. The zero-order valence-corrected chi connectivity index (χ0v) is 15.1. The number of rotatable bonds is 6. The molecular weight excluding hydrogens is 324 g/mol. The lowest BCUT2D eigenvalue weighted by Gasteiger charge is -2.09. The molecule has 0 bridgehead atoms. The van der Waals surface area contributed by atoms with Gasteiger partial charge in [0.15, 0.2) is 0 Å². The molecule has 136 valence electrons. The Morgan fingerprint density at radius 2 is 2.00 bits per heavy atom. The van der Waals surface area contributed by atoms with E-state index in [1.807, 2.05) is 0 Å². The van der Waals surface area contributed by atoms with Crippen LogP contribution in [0.25, 0.3) is 11.1 Å². The Balaban J connectivity index is 1.29. The highest BCUT2D eigenvalue weighted by Gasteiger charge is 2.15. The Hall–Kier alpha value is -2.33. The molecule has 4 rings (SSSR count). The first kappa shape index (κ1) is 17.1. The molecule has 4 heteroatoms. The van der Waals surface area contributed by atoms with Crippen LogP contribution in [-0.2, 0) is 17.8 Å². The lowest BCUT2D eigenvalue weighted by molar-refractivity contribution is -0.121. The Bertz CT molecular complexity index is 764. The van der Waals surface area contributed by atoms with Gasteiger partial charge in [-0.3, -0.25) is 4.79 Å². The van der Waals surface area contributed by atoms with Gasteiger partial charge in [0.05, 0.1) is 6.61 Å². The zero-order chi connectivity index (χ0) is 17.8. The molecule has 2 aliphatic heterocycles. The molecule has 2 N–H and O–H groups in total. The third kappa shape index (κ3) is 4.07. The van der Waals surface area contributed by atoms with E-state index in [9.17, 15) is 4.79 Å². The molecule has 2 aliphatic rings. The summed E-state index contributed by atoms with van der Waals surface area (Å²) in [4.78, 5) is 12.0. The van der Waals surface area contributed by atoms with Crippen molar-refractivity contribution in [2.24, 2.45) is 5.92 Å². The second-order valence-electron chi connectivity index (χ2n) is 7.29. The van der Waals surface area contributed by atoms with Crippen LogP contribution in [0.2, 0.25) is 0 Å². The summed E-state index contributed by atoms with van der Waals surface area (Å²) in [5.74, 6) is 1.83. The molecule has 0 saturated carbocycles. The van der Waals surface area contributed by atoms with Crippen LogP contribution in [0.3, 0.4) is 0 Å². The van der Waals surface area contributed by atoms with Crippen molar-refractivity contribution in [2.45, 2.75) is 32.2 Å². The molecule has 0 aromatic heterocycles. The topological polar surface area (TPSA) is 50.4 Å². The molecule has 0 spiro atoms. The summed E-state index contributed by atoms with van der Waals surface area (Å²) >= 11 is 0. The molecule has 26 heavy (non-hydrogen) atoms. The van der Waals surface area contributed by atoms with Gasteiger partial charge in [-0.05, 0) is 66.2 Å². The van der Waals surface area contributed by atoms with Crippen LogP contribution in [0, 0.1) is 5.92 Å². The highest BCUT2D eigenvalue weighted by molar-refractivity contribution is 5.76. The normalized spacial score (nSPS) is 18.4.